The summed E-state index contributed by atoms with van der Waals surface area (Å²) >= 11 is 0. The van der Waals surface area contributed by atoms with Crippen molar-refractivity contribution in [2.75, 3.05) is 19.6 Å². The van der Waals surface area contributed by atoms with Crippen LogP contribution >= 0.6 is 0 Å². The van der Waals surface area contributed by atoms with E-state index in [0.717, 1.165) is 26.2 Å². The maximum absolute atomic E-state index is 4.06. The van der Waals surface area contributed by atoms with Gasteiger partial charge in [-0.15, -0.1) is 0 Å². The first-order valence-electron chi connectivity index (χ1n) is 5.21. The summed E-state index contributed by atoms with van der Waals surface area (Å²) in [5.41, 5.74) is 1.22. The van der Waals surface area contributed by atoms with Crippen LogP contribution in [-0.2, 0) is 13.6 Å². The molecule has 0 aromatic carbocycles. The second kappa shape index (κ2) is 6.56. The fraction of sp³-hybridized carbons (Fsp3) is 0.700. The van der Waals surface area contributed by atoms with E-state index in [2.05, 4.69) is 22.5 Å². The van der Waals surface area contributed by atoms with Crippen LogP contribution < -0.4 is 10.6 Å². The van der Waals surface area contributed by atoms with Crippen molar-refractivity contribution in [2.45, 2.75) is 19.9 Å². The van der Waals surface area contributed by atoms with Gasteiger partial charge in [0.25, 0.3) is 0 Å². The maximum Gasteiger partial charge on any atom is 0.0945 e. The van der Waals surface area contributed by atoms with Crippen molar-refractivity contribution in [2.24, 2.45) is 7.05 Å². The van der Waals surface area contributed by atoms with E-state index >= 15 is 0 Å². The van der Waals surface area contributed by atoms with E-state index in [9.17, 15) is 0 Å². The number of hydrogen-bond acceptors (Lipinski definition) is 3. The first-order chi connectivity index (χ1) is 6.84. The number of aromatic nitrogens is 2. The maximum atomic E-state index is 4.06. The highest BCUT2D eigenvalue weighted by Crippen LogP contribution is 1.93. The average Bonchev–Trinajstić information content (AvgIpc) is 2.58. The van der Waals surface area contributed by atoms with Crippen molar-refractivity contribution >= 4 is 0 Å². The van der Waals surface area contributed by atoms with Crippen molar-refractivity contribution in [1.29, 1.82) is 0 Å². The highest BCUT2D eigenvalue weighted by Gasteiger charge is 1.95. The molecule has 0 unspecified atom stereocenters. The normalized spacial score (nSPS) is 10.7. The second-order valence-corrected chi connectivity index (χ2v) is 3.42. The zero-order valence-corrected chi connectivity index (χ0v) is 9.08. The molecule has 4 nitrogen and oxygen atoms in total. The van der Waals surface area contributed by atoms with Gasteiger partial charge in [-0.3, -0.25) is 0 Å². The summed E-state index contributed by atoms with van der Waals surface area (Å²) in [7, 11) is 2.01. The van der Waals surface area contributed by atoms with E-state index in [1.54, 1.807) is 0 Å². The molecule has 0 aliphatic rings. The van der Waals surface area contributed by atoms with E-state index in [1.165, 1.54) is 12.1 Å². The van der Waals surface area contributed by atoms with Gasteiger partial charge in [-0.25, -0.2) is 4.98 Å². The third-order valence-corrected chi connectivity index (χ3v) is 2.13. The molecule has 14 heavy (non-hydrogen) atoms. The quantitative estimate of drug-likeness (QED) is 0.624. The summed E-state index contributed by atoms with van der Waals surface area (Å²) in [6.45, 7) is 6.21. The minimum Gasteiger partial charge on any atom is -0.337 e. The van der Waals surface area contributed by atoms with Gasteiger partial charge in [0.2, 0.25) is 0 Å². The Morgan fingerprint density at radius 1 is 1.29 bits per heavy atom. The predicted molar refractivity (Wildman–Crippen MR) is 58.1 cm³/mol. The lowest BCUT2D eigenvalue weighted by Crippen LogP contribution is -2.27. The Morgan fingerprint density at radius 3 is 2.71 bits per heavy atom. The number of nitrogens with one attached hydrogen (secondary N) is 2. The van der Waals surface area contributed by atoms with Crippen molar-refractivity contribution in [1.82, 2.24) is 20.2 Å². The Labute approximate surface area is 85.7 Å². The van der Waals surface area contributed by atoms with Crippen LogP contribution in [0.25, 0.3) is 0 Å². The van der Waals surface area contributed by atoms with Crippen LogP contribution in [0.2, 0.25) is 0 Å². The molecule has 0 saturated heterocycles. The number of rotatable bonds is 7. The molecule has 1 heterocycles. The lowest BCUT2D eigenvalue weighted by atomic mass is 10.4. The van der Waals surface area contributed by atoms with Crippen LogP contribution in [0.15, 0.2) is 12.5 Å². The fourth-order valence-electron chi connectivity index (χ4n) is 1.25. The van der Waals surface area contributed by atoms with Crippen LogP contribution in [0, 0.1) is 0 Å². The van der Waals surface area contributed by atoms with E-state index in [4.69, 9.17) is 0 Å². The van der Waals surface area contributed by atoms with Gasteiger partial charge >= 0.3 is 0 Å². The molecule has 0 bridgehead atoms. The van der Waals surface area contributed by atoms with Gasteiger partial charge in [0.15, 0.2) is 0 Å². The van der Waals surface area contributed by atoms with E-state index in [0.29, 0.717) is 0 Å². The molecule has 0 spiro atoms. The van der Waals surface area contributed by atoms with Crippen LogP contribution in [0.4, 0.5) is 0 Å². The Bertz CT molecular complexity index is 244. The standard InChI is InChI=1S/C10H20N4/c1-3-4-11-5-6-12-7-10-8-13-9-14(10)2/h8-9,11-12H,3-7H2,1-2H3. The largest absolute Gasteiger partial charge is 0.337 e. The molecule has 2 N–H and O–H groups in total. The van der Waals surface area contributed by atoms with Gasteiger partial charge in [0.05, 0.1) is 12.0 Å². The van der Waals surface area contributed by atoms with Gasteiger partial charge in [-0.1, -0.05) is 6.92 Å². The minimum atomic E-state index is 0.893. The lowest BCUT2D eigenvalue weighted by Gasteiger charge is -2.05. The van der Waals surface area contributed by atoms with E-state index in [1.807, 2.05) is 24.1 Å². The SMILES string of the molecule is CCCNCCNCc1cncn1C. The van der Waals surface area contributed by atoms with Crippen LogP contribution in [-0.4, -0.2) is 29.2 Å². The van der Waals surface area contributed by atoms with Gasteiger partial charge in [-0.05, 0) is 13.0 Å². The van der Waals surface area contributed by atoms with Crippen molar-refractivity contribution < 1.29 is 0 Å². The monoisotopic (exact) mass is 196 g/mol. The fourth-order valence-corrected chi connectivity index (χ4v) is 1.25. The van der Waals surface area contributed by atoms with Gasteiger partial charge in [0, 0.05) is 32.9 Å². The molecule has 0 saturated carbocycles. The van der Waals surface area contributed by atoms with Crippen molar-refractivity contribution in [3.63, 3.8) is 0 Å². The Morgan fingerprint density at radius 2 is 2.07 bits per heavy atom. The third kappa shape index (κ3) is 3.89. The molecule has 0 amide bonds. The van der Waals surface area contributed by atoms with Crippen molar-refractivity contribution in [3.8, 4) is 0 Å². The smallest absolute Gasteiger partial charge is 0.0945 e. The van der Waals surface area contributed by atoms with Crippen LogP contribution in [0.1, 0.15) is 19.0 Å². The molecule has 0 fully saturated rings. The lowest BCUT2D eigenvalue weighted by molar-refractivity contribution is 0.594. The molecular formula is C10H20N4. The van der Waals surface area contributed by atoms with Crippen LogP contribution in [0.5, 0.6) is 0 Å². The number of hydrogen-bond donors (Lipinski definition) is 2. The summed E-state index contributed by atoms with van der Waals surface area (Å²) in [5.74, 6) is 0. The number of imidazole rings is 1. The summed E-state index contributed by atoms with van der Waals surface area (Å²) in [5, 5.41) is 6.71. The molecule has 4 heteroatoms. The Hall–Kier alpha value is -0.870. The molecule has 0 aliphatic carbocycles. The Kier molecular flexibility index (Phi) is 5.25. The van der Waals surface area contributed by atoms with E-state index in [-0.39, 0.29) is 0 Å². The highest BCUT2D eigenvalue weighted by atomic mass is 15.0. The van der Waals surface area contributed by atoms with Gasteiger partial charge in [0.1, 0.15) is 0 Å². The summed E-state index contributed by atoms with van der Waals surface area (Å²) in [6, 6.07) is 0. The molecule has 0 atom stereocenters. The minimum absolute atomic E-state index is 0.893. The summed E-state index contributed by atoms with van der Waals surface area (Å²) < 4.78 is 2.03. The molecule has 80 valence electrons. The molecule has 1 aromatic rings. The average molecular weight is 196 g/mol. The van der Waals surface area contributed by atoms with Gasteiger partial charge < -0.3 is 15.2 Å². The Balaban J connectivity index is 2.02. The summed E-state index contributed by atoms with van der Waals surface area (Å²) in [6.07, 6.45) is 4.92. The number of aryl methyl sites for hydroxylation is 1. The molecule has 1 aromatic heterocycles. The topological polar surface area (TPSA) is 41.9 Å². The van der Waals surface area contributed by atoms with E-state index < -0.39 is 0 Å². The van der Waals surface area contributed by atoms with Gasteiger partial charge in [-0.2, -0.15) is 0 Å². The molecule has 1 rings (SSSR count). The zero-order chi connectivity index (χ0) is 10.2. The molecular weight excluding hydrogens is 176 g/mol. The predicted octanol–water partition coefficient (Wildman–Crippen LogP) is 0.509. The zero-order valence-electron chi connectivity index (χ0n) is 9.08. The number of nitrogens with zero attached hydrogens (tertiary/aromatic N) is 2. The first-order valence-corrected chi connectivity index (χ1v) is 5.21. The highest BCUT2D eigenvalue weighted by molar-refractivity contribution is 4.96. The second-order valence-electron chi connectivity index (χ2n) is 3.42. The molecule has 0 aliphatic heterocycles. The third-order valence-electron chi connectivity index (χ3n) is 2.13. The van der Waals surface area contributed by atoms with Crippen molar-refractivity contribution in [3.05, 3.63) is 18.2 Å². The summed E-state index contributed by atoms with van der Waals surface area (Å²) in [4.78, 5) is 4.06. The van der Waals surface area contributed by atoms with Crippen LogP contribution in [0.3, 0.4) is 0 Å². The first kappa shape index (κ1) is 11.2. The molecule has 0 radical (unpaired) electrons.